The molecule has 1 amide bonds. The predicted molar refractivity (Wildman–Crippen MR) is 62.9 cm³/mol. The fourth-order valence-electron chi connectivity index (χ4n) is 1.46. The molecule has 0 fully saturated rings. The summed E-state index contributed by atoms with van der Waals surface area (Å²) < 4.78 is 5.03. The van der Waals surface area contributed by atoms with E-state index in [1.54, 1.807) is 0 Å². The number of carbonyl (C=O) groups excluding carboxylic acids is 1. The first-order chi connectivity index (χ1) is 7.20. The first kappa shape index (κ1) is 14.4. The van der Waals surface area contributed by atoms with Gasteiger partial charge in [-0.1, -0.05) is 32.6 Å². The quantitative estimate of drug-likeness (QED) is 0.600. The summed E-state index contributed by atoms with van der Waals surface area (Å²) in [6.45, 7) is 6.93. The van der Waals surface area contributed by atoms with Crippen LogP contribution in [0.5, 0.6) is 0 Å². The highest BCUT2D eigenvalue weighted by molar-refractivity contribution is 5.77. The Morgan fingerprint density at radius 2 is 2.00 bits per heavy atom. The largest absolute Gasteiger partial charge is 0.372 e. The van der Waals surface area contributed by atoms with Crippen molar-refractivity contribution in [2.75, 3.05) is 13.2 Å². The van der Waals surface area contributed by atoms with Gasteiger partial charge < -0.3 is 10.1 Å². The Kier molecular flexibility index (Phi) is 9.59. The summed E-state index contributed by atoms with van der Waals surface area (Å²) in [4.78, 5) is 11.3. The van der Waals surface area contributed by atoms with Crippen molar-refractivity contribution in [1.29, 1.82) is 0 Å². The van der Waals surface area contributed by atoms with Gasteiger partial charge >= 0.3 is 0 Å². The fourth-order valence-corrected chi connectivity index (χ4v) is 1.46. The van der Waals surface area contributed by atoms with Crippen molar-refractivity contribution >= 4 is 5.91 Å². The van der Waals surface area contributed by atoms with Crippen molar-refractivity contribution in [3.63, 3.8) is 0 Å². The van der Waals surface area contributed by atoms with Crippen LogP contribution in [0.2, 0.25) is 0 Å². The van der Waals surface area contributed by atoms with Gasteiger partial charge in [-0.3, -0.25) is 4.79 Å². The Bertz CT molecular complexity index is 160. The van der Waals surface area contributed by atoms with E-state index < -0.39 is 0 Å². The van der Waals surface area contributed by atoms with Crippen molar-refractivity contribution in [3.05, 3.63) is 0 Å². The summed E-state index contributed by atoms with van der Waals surface area (Å²) in [6.07, 6.45) is 6.08. The minimum absolute atomic E-state index is 0.000147. The van der Waals surface area contributed by atoms with Gasteiger partial charge in [-0.25, -0.2) is 0 Å². The molecule has 3 nitrogen and oxygen atoms in total. The van der Waals surface area contributed by atoms with E-state index in [2.05, 4.69) is 19.2 Å². The molecule has 0 aliphatic heterocycles. The van der Waals surface area contributed by atoms with Crippen LogP contribution in [-0.2, 0) is 9.53 Å². The molecular formula is C12H25NO2. The van der Waals surface area contributed by atoms with Gasteiger partial charge in [0.05, 0.1) is 0 Å². The summed E-state index contributed by atoms with van der Waals surface area (Å²) in [6, 6.07) is 0.273. The molecule has 0 heterocycles. The molecule has 1 unspecified atom stereocenters. The van der Waals surface area contributed by atoms with Gasteiger partial charge in [0, 0.05) is 12.6 Å². The molecular weight excluding hydrogens is 190 g/mol. The van der Waals surface area contributed by atoms with Crippen molar-refractivity contribution in [3.8, 4) is 0 Å². The molecule has 1 atom stereocenters. The molecule has 0 saturated carbocycles. The predicted octanol–water partition coefficient (Wildman–Crippen LogP) is 2.50. The first-order valence-corrected chi connectivity index (χ1v) is 6.07. The van der Waals surface area contributed by atoms with E-state index in [9.17, 15) is 4.79 Å². The van der Waals surface area contributed by atoms with Gasteiger partial charge in [0.1, 0.15) is 6.61 Å². The third kappa shape index (κ3) is 9.73. The number of carbonyl (C=O) groups is 1. The maximum Gasteiger partial charge on any atom is 0.246 e. The molecule has 0 aromatic carbocycles. The SMILES string of the molecule is CCCCCCC(C)NC(=O)COCC. The van der Waals surface area contributed by atoms with Crippen LogP contribution in [0.4, 0.5) is 0 Å². The second-order valence-corrected chi connectivity index (χ2v) is 3.96. The highest BCUT2D eigenvalue weighted by atomic mass is 16.5. The van der Waals surface area contributed by atoms with Crippen molar-refractivity contribution in [1.82, 2.24) is 5.32 Å². The van der Waals surface area contributed by atoms with Crippen LogP contribution in [0, 0.1) is 0 Å². The van der Waals surface area contributed by atoms with Crippen LogP contribution in [0.15, 0.2) is 0 Å². The van der Waals surface area contributed by atoms with Crippen molar-refractivity contribution in [2.45, 2.75) is 58.9 Å². The molecule has 0 rings (SSSR count). The second kappa shape index (κ2) is 9.97. The van der Waals surface area contributed by atoms with Gasteiger partial charge in [-0.2, -0.15) is 0 Å². The van der Waals surface area contributed by atoms with Crippen LogP contribution in [0.1, 0.15) is 52.9 Å². The van der Waals surface area contributed by atoms with E-state index in [1.165, 1.54) is 25.7 Å². The Balaban J connectivity index is 3.38. The molecule has 0 aromatic rings. The molecule has 0 bridgehead atoms. The van der Waals surface area contributed by atoms with Gasteiger partial charge in [-0.05, 0) is 20.3 Å². The lowest BCUT2D eigenvalue weighted by molar-refractivity contribution is -0.126. The van der Waals surface area contributed by atoms with Crippen LogP contribution in [0.3, 0.4) is 0 Å². The number of unbranched alkanes of at least 4 members (excludes halogenated alkanes) is 3. The Morgan fingerprint density at radius 1 is 1.27 bits per heavy atom. The maximum absolute atomic E-state index is 11.3. The summed E-state index contributed by atoms with van der Waals surface area (Å²) in [5, 5.41) is 2.93. The van der Waals surface area contributed by atoms with Crippen molar-refractivity contribution in [2.24, 2.45) is 0 Å². The van der Waals surface area contributed by atoms with E-state index in [0.717, 1.165) is 6.42 Å². The molecule has 15 heavy (non-hydrogen) atoms. The molecule has 0 saturated heterocycles. The lowest BCUT2D eigenvalue weighted by Crippen LogP contribution is -2.35. The standard InChI is InChI=1S/C12H25NO2/c1-4-6-7-8-9-11(3)13-12(14)10-15-5-2/h11H,4-10H2,1-3H3,(H,13,14). The Morgan fingerprint density at radius 3 is 2.60 bits per heavy atom. The second-order valence-electron chi connectivity index (χ2n) is 3.96. The lowest BCUT2D eigenvalue weighted by atomic mass is 10.1. The zero-order valence-corrected chi connectivity index (χ0v) is 10.3. The first-order valence-electron chi connectivity index (χ1n) is 6.07. The summed E-state index contributed by atoms with van der Waals surface area (Å²) in [5.41, 5.74) is 0. The van der Waals surface area contributed by atoms with Crippen LogP contribution >= 0.6 is 0 Å². The molecule has 0 spiro atoms. The van der Waals surface area contributed by atoms with Crippen LogP contribution in [-0.4, -0.2) is 25.2 Å². The molecule has 0 aliphatic rings. The summed E-state index contributed by atoms with van der Waals surface area (Å²) >= 11 is 0. The van der Waals surface area contributed by atoms with E-state index >= 15 is 0 Å². The Labute approximate surface area is 93.6 Å². The normalized spacial score (nSPS) is 12.5. The number of hydrogen-bond donors (Lipinski definition) is 1. The van der Waals surface area contributed by atoms with E-state index in [4.69, 9.17) is 4.74 Å². The zero-order chi connectivity index (χ0) is 11.5. The number of hydrogen-bond acceptors (Lipinski definition) is 2. The monoisotopic (exact) mass is 215 g/mol. The van der Waals surface area contributed by atoms with Gasteiger partial charge in [0.15, 0.2) is 0 Å². The maximum atomic E-state index is 11.3. The zero-order valence-electron chi connectivity index (χ0n) is 10.3. The van der Waals surface area contributed by atoms with Crippen LogP contribution < -0.4 is 5.32 Å². The van der Waals surface area contributed by atoms with Gasteiger partial charge in [0.2, 0.25) is 5.91 Å². The fraction of sp³-hybridized carbons (Fsp3) is 0.917. The topological polar surface area (TPSA) is 38.3 Å². The van der Waals surface area contributed by atoms with E-state index in [1.807, 2.05) is 6.92 Å². The molecule has 0 radical (unpaired) electrons. The van der Waals surface area contributed by atoms with E-state index in [0.29, 0.717) is 6.61 Å². The molecule has 0 aliphatic carbocycles. The van der Waals surface area contributed by atoms with E-state index in [-0.39, 0.29) is 18.6 Å². The number of amides is 1. The minimum Gasteiger partial charge on any atom is -0.372 e. The number of ether oxygens (including phenoxy) is 1. The average Bonchev–Trinajstić information content (AvgIpc) is 2.21. The Hall–Kier alpha value is -0.570. The van der Waals surface area contributed by atoms with Crippen LogP contribution in [0.25, 0.3) is 0 Å². The minimum atomic E-state index is -0.000147. The summed E-state index contributed by atoms with van der Waals surface area (Å²) in [5.74, 6) is -0.000147. The van der Waals surface area contributed by atoms with Gasteiger partial charge in [-0.15, -0.1) is 0 Å². The molecule has 3 heteroatoms. The third-order valence-electron chi connectivity index (χ3n) is 2.34. The molecule has 0 aromatic heterocycles. The molecule has 1 N–H and O–H groups in total. The average molecular weight is 215 g/mol. The van der Waals surface area contributed by atoms with Crippen molar-refractivity contribution < 1.29 is 9.53 Å². The lowest BCUT2D eigenvalue weighted by Gasteiger charge is -2.13. The smallest absolute Gasteiger partial charge is 0.246 e. The number of rotatable bonds is 9. The summed E-state index contributed by atoms with van der Waals surface area (Å²) in [7, 11) is 0. The highest BCUT2D eigenvalue weighted by Crippen LogP contribution is 2.04. The highest BCUT2D eigenvalue weighted by Gasteiger charge is 2.06. The molecule has 90 valence electrons. The third-order valence-corrected chi connectivity index (χ3v) is 2.34. The van der Waals surface area contributed by atoms with Gasteiger partial charge in [0.25, 0.3) is 0 Å². The number of nitrogens with one attached hydrogen (secondary N) is 1.